The third kappa shape index (κ3) is 5.80. The molecule has 0 aliphatic heterocycles. The molecule has 2 N–H and O–H groups in total. The molecule has 2 amide bonds. The first kappa shape index (κ1) is 26.2. The van der Waals surface area contributed by atoms with Crippen LogP contribution in [0.4, 0.5) is 5.69 Å². The van der Waals surface area contributed by atoms with Gasteiger partial charge in [-0.15, -0.1) is 0 Å². The first-order valence-corrected chi connectivity index (χ1v) is 13.6. The predicted octanol–water partition coefficient (Wildman–Crippen LogP) is 5.56. The summed E-state index contributed by atoms with van der Waals surface area (Å²) in [5.41, 5.74) is 5.38. The fourth-order valence-corrected chi connectivity index (χ4v) is 4.92. The van der Waals surface area contributed by atoms with Crippen molar-refractivity contribution >= 4 is 51.2 Å². The van der Waals surface area contributed by atoms with Gasteiger partial charge >= 0.3 is 0 Å². The number of nitrogens with zero attached hydrogens (tertiary/aromatic N) is 5. The Kier molecular flexibility index (Phi) is 7.42. The van der Waals surface area contributed by atoms with Crippen molar-refractivity contribution in [3.05, 3.63) is 120 Å². The van der Waals surface area contributed by atoms with Crippen molar-refractivity contribution in [2.75, 3.05) is 11.9 Å². The second kappa shape index (κ2) is 11.6. The maximum absolute atomic E-state index is 13.5. The lowest BCUT2D eigenvalue weighted by molar-refractivity contribution is 0.0951. The van der Waals surface area contributed by atoms with Crippen LogP contribution in [0.25, 0.3) is 22.1 Å². The number of nitrogens with one attached hydrogen (secondary N) is 2. The maximum atomic E-state index is 13.5. The van der Waals surface area contributed by atoms with Crippen molar-refractivity contribution in [1.82, 2.24) is 29.4 Å². The molecule has 204 valence electrons. The van der Waals surface area contributed by atoms with Crippen molar-refractivity contribution < 1.29 is 9.59 Å². The molecular formula is C31H26ClN7O2. The number of carbonyl (C=O) groups excluding carboxylic acids is 2. The lowest BCUT2D eigenvalue weighted by atomic mass is 10.2. The molecule has 0 bridgehead atoms. The van der Waals surface area contributed by atoms with Crippen molar-refractivity contribution in [2.24, 2.45) is 0 Å². The normalized spacial score (nSPS) is 11.1. The molecule has 0 saturated carbocycles. The number of imidazole rings is 2. The number of anilines is 1. The van der Waals surface area contributed by atoms with Gasteiger partial charge in [-0.25, -0.2) is 9.97 Å². The van der Waals surface area contributed by atoms with E-state index in [1.807, 2.05) is 69.8 Å². The Hall–Kier alpha value is -5.02. The van der Waals surface area contributed by atoms with Crippen molar-refractivity contribution in [1.29, 1.82) is 0 Å². The Morgan fingerprint density at radius 2 is 1.76 bits per heavy atom. The van der Waals surface area contributed by atoms with Crippen LogP contribution in [0.5, 0.6) is 0 Å². The van der Waals surface area contributed by atoms with E-state index in [1.54, 1.807) is 36.9 Å². The van der Waals surface area contributed by atoms with E-state index in [1.165, 1.54) is 0 Å². The number of halogens is 1. The molecule has 0 fully saturated rings. The summed E-state index contributed by atoms with van der Waals surface area (Å²) in [6.45, 7) is 1.69. The molecule has 3 aromatic carbocycles. The molecule has 0 spiro atoms. The molecule has 3 aromatic heterocycles. The summed E-state index contributed by atoms with van der Waals surface area (Å²) >= 11 is 6.28. The molecule has 0 unspecified atom stereocenters. The second-order valence-corrected chi connectivity index (χ2v) is 10.0. The largest absolute Gasteiger partial charge is 0.352 e. The number of amides is 2. The van der Waals surface area contributed by atoms with Crippen molar-refractivity contribution in [2.45, 2.75) is 19.5 Å². The molecule has 0 saturated heterocycles. The zero-order valence-electron chi connectivity index (χ0n) is 22.0. The Balaban J connectivity index is 1.15. The van der Waals surface area contributed by atoms with E-state index < -0.39 is 0 Å². The van der Waals surface area contributed by atoms with Gasteiger partial charge in [0.25, 0.3) is 11.8 Å². The summed E-state index contributed by atoms with van der Waals surface area (Å²) in [5, 5.41) is 6.48. The molecule has 3 heterocycles. The average molecular weight is 564 g/mol. The zero-order chi connectivity index (χ0) is 28.2. The summed E-state index contributed by atoms with van der Waals surface area (Å²) in [6, 6.07) is 24.4. The monoisotopic (exact) mass is 563 g/mol. The number of pyridine rings is 1. The number of hydrogen-bond acceptors (Lipinski definition) is 5. The van der Waals surface area contributed by atoms with Gasteiger partial charge in [0.2, 0.25) is 5.82 Å². The molecular weight excluding hydrogens is 538 g/mol. The Morgan fingerprint density at radius 3 is 2.59 bits per heavy atom. The smallest absolute Gasteiger partial charge is 0.291 e. The minimum atomic E-state index is -0.323. The van der Waals surface area contributed by atoms with E-state index in [-0.39, 0.29) is 11.8 Å². The third-order valence-corrected chi connectivity index (χ3v) is 7.00. The molecule has 0 aliphatic rings. The van der Waals surface area contributed by atoms with Gasteiger partial charge in [-0.1, -0.05) is 41.9 Å². The molecule has 0 radical (unpaired) electrons. The molecule has 6 rings (SSSR count). The Labute approximate surface area is 240 Å². The summed E-state index contributed by atoms with van der Waals surface area (Å²) in [4.78, 5) is 38.8. The van der Waals surface area contributed by atoms with Crippen LogP contribution < -0.4 is 10.6 Å². The summed E-state index contributed by atoms with van der Waals surface area (Å²) < 4.78 is 3.91. The first-order valence-electron chi connectivity index (χ1n) is 13.2. The quantitative estimate of drug-likeness (QED) is 0.224. The van der Waals surface area contributed by atoms with Gasteiger partial charge < -0.3 is 19.8 Å². The van der Waals surface area contributed by atoms with E-state index in [9.17, 15) is 9.59 Å². The number of aromatic nitrogens is 5. The van der Waals surface area contributed by atoms with Gasteiger partial charge in [-0.05, 0) is 60.5 Å². The summed E-state index contributed by atoms with van der Waals surface area (Å²) in [7, 11) is 0. The lowest BCUT2D eigenvalue weighted by Crippen LogP contribution is -2.25. The lowest BCUT2D eigenvalue weighted by Gasteiger charge is -2.10. The van der Waals surface area contributed by atoms with Gasteiger partial charge in [0.1, 0.15) is 0 Å². The van der Waals surface area contributed by atoms with Crippen LogP contribution in [-0.2, 0) is 13.1 Å². The van der Waals surface area contributed by atoms with Crippen molar-refractivity contribution in [3.8, 4) is 0 Å². The number of rotatable bonds is 9. The van der Waals surface area contributed by atoms with Gasteiger partial charge in [0.15, 0.2) is 0 Å². The summed E-state index contributed by atoms with van der Waals surface area (Å²) in [6.07, 6.45) is 5.68. The zero-order valence-corrected chi connectivity index (χ0v) is 22.8. The Morgan fingerprint density at radius 1 is 0.878 bits per heavy atom. The highest BCUT2D eigenvalue weighted by atomic mass is 35.5. The highest BCUT2D eigenvalue weighted by molar-refractivity contribution is 6.31. The van der Waals surface area contributed by atoms with E-state index >= 15 is 0 Å². The number of fused-ring (bicyclic) bond motifs is 2. The van der Waals surface area contributed by atoms with Crippen LogP contribution in [0.3, 0.4) is 0 Å². The van der Waals surface area contributed by atoms with Crippen molar-refractivity contribution in [3.63, 3.8) is 0 Å². The number of aryl methyl sites for hydroxylation is 1. The number of benzene rings is 3. The minimum absolute atomic E-state index is 0.144. The molecule has 10 heteroatoms. The van der Waals surface area contributed by atoms with Crippen LogP contribution in [0, 0.1) is 0 Å². The fourth-order valence-electron chi connectivity index (χ4n) is 4.75. The first-order chi connectivity index (χ1) is 20.0. The molecule has 9 nitrogen and oxygen atoms in total. The minimum Gasteiger partial charge on any atom is -0.352 e. The molecule has 0 atom stereocenters. The predicted molar refractivity (Wildman–Crippen MR) is 159 cm³/mol. The Bertz CT molecular complexity index is 1850. The van der Waals surface area contributed by atoms with E-state index in [0.29, 0.717) is 47.2 Å². The van der Waals surface area contributed by atoms with Gasteiger partial charge in [0.05, 0.1) is 34.0 Å². The van der Waals surface area contributed by atoms with Crippen LogP contribution >= 0.6 is 11.6 Å². The van der Waals surface area contributed by atoms with Gasteiger partial charge in [-0.2, -0.15) is 0 Å². The van der Waals surface area contributed by atoms with Gasteiger partial charge in [0, 0.05) is 42.7 Å². The summed E-state index contributed by atoms with van der Waals surface area (Å²) in [5.74, 6) is -0.171. The standard InChI is InChI=1S/C31H26ClN7O2/c32-23-9-11-25-28(16-23)39(19-21-6-2-1-3-7-21)29(37-25)31(41)36-24-10-12-27-26(17-24)35-20-38(27)15-5-14-34-30(40)22-8-4-13-33-18-22/h1-4,6-13,16-18,20H,5,14-15,19H2,(H,34,40)(H,36,41). The third-order valence-electron chi connectivity index (χ3n) is 6.76. The van der Waals surface area contributed by atoms with E-state index in [2.05, 4.69) is 25.6 Å². The maximum Gasteiger partial charge on any atom is 0.291 e. The average Bonchev–Trinajstić information content (AvgIpc) is 3.57. The topological polar surface area (TPSA) is 107 Å². The highest BCUT2D eigenvalue weighted by Crippen LogP contribution is 2.24. The fraction of sp³-hybridized carbons (Fsp3) is 0.129. The molecule has 6 aromatic rings. The van der Waals surface area contributed by atoms with Crippen LogP contribution in [0.1, 0.15) is 33.0 Å². The van der Waals surface area contributed by atoms with E-state index in [4.69, 9.17) is 11.6 Å². The highest BCUT2D eigenvalue weighted by Gasteiger charge is 2.19. The van der Waals surface area contributed by atoms with Gasteiger partial charge in [-0.3, -0.25) is 14.6 Å². The van der Waals surface area contributed by atoms with Crippen LogP contribution in [0.2, 0.25) is 5.02 Å². The number of hydrogen-bond donors (Lipinski definition) is 2. The van der Waals surface area contributed by atoms with Crippen LogP contribution in [-0.4, -0.2) is 42.4 Å². The second-order valence-electron chi connectivity index (χ2n) is 9.59. The van der Waals surface area contributed by atoms with E-state index in [0.717, 1.165) is 28.5 Å². The number of carbonyl (C=O) groups is 2. The molecule has 41 heavy (non-hydrogen) atoms. The van der Waals surface area contributed by atoms with Crippen LogP contribution in [0.15, 0.2) is 97.6 Å². The molecule has 0 aliphatic carbocycles. The SMILES string of the molecule is O=C(NCCCn1cnc2cc(NC(=O)c3nc4ccc(Cl)cc4n3Cc3ccccc3)ccc21)c1cccnc1.